The lowest BCUT2D eigenvalue weighted by molar-refractivity contribution is -0.121. The Labute approximate surface area is 130 Å². The number of rotatable bonds is 8. The minimum Gasteiger partial charge on any atom is -0.375 e. The van der Waals surface area contributed by atoms with Gasteiger partial charge in [0.05, 0.1) is 0 Å². The lowest BCUT2D eigenvalue weighted by atomic mass is 10.2. The van der Waals surface area contributed by atoms with Crippen LogP contribution in [-0.4, -0.2) is 26.0 Å². The van der Waals surface area contributed by atoms with E-state index < -0.39 is 0 Å². The van der Waals surface area contributed by atoms with Crippen LogP contribution in [0.5, 0.6) is 0 Å². The summed E-state index contributed by atoms with van der Waals surface area (Å²) in [6.07, 6.45) is 2.37. The molecule has 0 spiro atoms. The molecule has 0 aliphatic carbocycles. The molecule has 1 heterocycles. The molecule has 2 aromatic rings. The molecule has 0 aliphatic heterocycles. The van der Waals surface area contributed by atoms with Crippen molar-refractivity contribution in [1.82, 2.24) is 5.32 Å². The molecule has 0 atom stereocenters. The van der Waals surface area contributed by atoms with Crippen molar-refractivity contribution in [1.29, 1.82) is 0 Å². The Morgan fingerprint density at radius 2 is 2.00 bits per heavy atom. The average Bonchev–Trinajstić information content (AvgIpc) is 3.03. The zero-order valence-electron chi connectivity index (χ0n) is 12.4. The molecule has 1 amide bonds. The van der Waals surface area contributed by atoms with Crippen molar-refractivity contribution in [3.05, 3.63) is 52.7 Å². The van der Waals surface area contributed by atoms with Gasteiger partial charge >= 0.3 is 0 Å². The third-order valence-electron chi connectivity index (χ3n) is 3.37. The number of carbonyl (C=O) groups excluding carboxylic acids is 1. The van der Waals surface area contributed by atoms with Gasteiger partial charge < -0.3 is 10.2 Å². The Balaban J connectivity index is 1.58. The molecule has 1 aromatic heterocycles. The van der Waals surface area contributed by atoms with Crippen molar-refractivity contribution in [2.75, 3.05) is 25.0 Å². The maximum absolute atomic E-state index is 11.7. The van der Waals surface area contributed by atoms with Gasteiger partial charge in [0.25, 0.3) is 0 Å². The van der Waals surface area contributed by atoms with Gasteiger partial charge in [-0.1, -0.05) is 24.3 Å². The first kappa shape index (κ1) is 15.6. The molecule has 0 saturated carbocycles. The third-order valence-corrected chi connectivity index (χ3v) is 4.30. The maximum atomic E-state index is 11.7. The van der Waals surface area contributed by atoms with E-state index in [4.69, 9.17) is 0 Å². The second-order valence-electron chi connectivity index (χ2n) is 5.04. The fraction of sp³-hybridized carbons (Fsp3) is 0.353. The first-order valence-electron chi connectivity index (χ1n) is 7.31. The quantitative estimate of drug-likeness (QED) is 0.759. The highest BCUT2D eigenvalue weighted by molar-refractivity contribution is 7.09. The van der Waals surface area contributed by atoms with Crippen LogP contribution in [0.3, 0.4) is 0 Å². The SMILES string of the molecule is CN(CCCNC(=O)CCc1cccs1)c1ccccc1. The number of nitrogens with zero attached hydrogens (tertiary/aromatic N) is 1. The number of nitrogens with one attached hydrogen (secondary N) is 1. The predicted octanol–water partition coefficient (Wildman–Crippen LogP) is 3.32. The molecule has 1 N–H and O–H groups in total. The van der Waals surface area contributed by atoms with Crippen LogP contribution in [0.1, 0.15) is 17.7 Å². The molecule has 2 rings (SSSR count). The maximum Gasteiger partial charge on any atom is 0.220 e. The Morgan fingerprint density at radius 1 is 1.19 bits per heavy atom. The van der Waals surface area contributed by atoms with Crippen LogP contribution in [0.4, 0.5) is 5.69 Å². The average molecular weight is 302 g/mol. The van der Waals surface area contributed by atoms with Crippen LogP contribution in [0.25, 0.3) is 0 Å². The zero-order valence-corrected chi connectivity index (χ0v) is 13.2. The van der Waals surface area contributed by atoms with Crippen LogP contribution in [0.15, 0.2) is 47.8 Å². The highest BCUT2D eigenvalue weighted by Gasteiger charge is 2.03. The van der Waals surface area contributed by atoms with Crippen molar-refractivity contribution in [2.24, 2.45) is 0 Å². The smallest absolute Gasteiger partial charge is 0.220 e. The number of para-hydroxylation sites is 1. The fourth-order valence-electron chi connectivity index (χ4n) is 2.14. The Morgan fingerprint density at radius 3 is 2.71 bits per heavy atom. The summed E-state index contributed by atoms with van der Waals surface area (Å²) < 4.78 is 0. The van der Waals surface area contributed by atoms with Crippen LogP contribution in [-0.2, 0) is 11.2 Å². The first-order chi connectivity index (χ1) is 10.3. The largest absolute Gasteiger partial charge is 0.375 e. The summed E-state index contributed by atoms with van der Waals surface area (Å²) in [6.45, 7) is 1.68. The van der Waals surface area contributed by atoms with E-state index in [1.807, 2.05) is 29.6 Å². The van der Waals surface area contributed by atoms with Crippen LogP contribution in [0, 0.1) is 0 Å². The minimum absolute atomic E-state index is 0.144. The summed E-state index contributed by atoms with van der Waals surface area (Å²) in [5, 5.41) is 5.04. The molecule has 0 aliphatic rings. The van der Waals surface area contributed by atoms with Crippen molar-refractivity contribution < 1.29 is 4.79 Å². The van der Waals surface area contributed by atoms with E-state index in [0.717, 1.165) is 25.9 Å². The second kappa shape index (κ2) is 8.47. The summed E-state index contributed by atoms with van der Waals surface area (Å²) in [5.74, 6) is 0.144. The highest BCUT2D eigenvalue weighted by atomic mass is 32.1. The first-order valence-corrected chi connectivity index (χ1v) is 8.19. The summed E-state index contributed by atoms with van der Waals surface area (Å²) in [5.41, 5.74) is 1.21. The third kappa shape index (κ3) is 5.60. The predicted molar refractivity (Wildman–Crippen MR) is 90.0 cm³/mol. The molecule has 1 aromatic carbocycles. The number of thiophene rings is 1. The van der Waals surface area contributed by atoms with Crippen molar-refractivity contribution in [3.63, 3.8) is 0 Å². The molecule has 0 bridgehead atoms. The van der Waals surface area contributed by atoms with Gasteiger partial charge in [0.1, 0.15) is 0 Å². The van der Waals surface area contributed by atoms with E-state index in [1.54, 1.807) is 11.3 Å². The number of amides is 1. The van der Waals surface area contributed by atoms with Crippen LogP contribution in [0.2, 0.25) is 0 Å². The van der Waals surface area contributed by atoms with Gasteiger partial charge in [0.2, 0.25) is 5.91 Å². The summed E-state index contributed by atoms with van der Waals surface area (Å²) in [7, 11) is 2.08. The molecule has 0 fully saturated rings. The molecule has 0 saturated heterocycles. The molecular formula is C17H22N2OS. The van der Waals surface area contributed by atoms with Gasteiger partial charge in [0, 0.05) is 37.1 Å². The van der Waals surface area contributed by atoms with Gasteiger partial charge in [0.15, 0.2) is 0 Å². The summed E-state index contributed by atoms with van der Waals surface area (Å²) >= 11 is 1.71. The number of aryl methyl sites for hydroxylation is 1. The zero-order chi connectivity index (χ0) is 14.9. The van der Waals surface area contributed by atoms with Crippen molar-refractivity contribution in [3.8, 4) is 0 Å². The Bertz CT molecular complexity index is 525. The van der Waals surface area contributed by atoms with Crippen LogP contribution >= 0.6 is 11.3 Å². The van der Waals surface area contributed by atoms with Crippen LogP contribution < -0.4 is 10.2 Å². The molecule has 3 nitrogen and oxygen atoms in total. The van der Waals surface area contributed by atoms with Gasteiger partial charge in [-0.2, -0.15) is 0 Å². The summed E-state index contributed by atoms with van der Waals surface area (Å²) in [4.78, 5) is 15.2. The van der Waals surface area contributed by atoms with Crippen molar-refractivity contribution in [2.45, 2.75) is 19.3 Å². The topological polar surface area (TPSA) is 32.3 Å². The van der Waals surface area contributed by atoms with E-state index in [0.29, 0.717) is 6.42 Å². The highest BCUT2D eigenvalue weighted by Crippen LogP contribution is 2.11. The van der Waals surface area contributed by atoms with Gasteiger partial charge in [-0.25, -0.2) is 0 Å². The number of hydrogen-bond donors (Lipinski definition) is 1. The Hall–Kier alpha value is -1.81. The summed E-state index contributed by atoms with van der Waals surface area (Å²) in [6, 6.07) is 14.4. The number of anilines is 1. The number of benzene rings is 1. The van der Waals surface area contributed by atoms with E-state index in [-0.39, 0.29) is 5.91 Å². The molecule has 0 radical (unpaired) electrons. The van der Waals surface area contributed by atoms with E-state index in [9.17, 15) is 4.79 Å². The number of hydrogen-bond acceptors (Lipinski definition) is 3. The Kier molecular flexibility index (Phi) is 6.28. The molecule has 4 heteroatoms. The molecule has 112 valence electrons. The standard InChI is InChI=1S/C17H22N2OS/c1-19(15-7-3-2-4-8-15)13-6-12-18-17(20)11-10-16-9-5-14-21-16/h2-5,7-9,14H,6,10-13H2,1H3,(H,18,20). The van der Waals surface area contributed by atoms with Gasteiger partial charge in [-0.05, 0) is 36.4 Å². The monoisotopic (exact) mass is 302 g/mol. The van der Waals surface area contributed by atoms with E-state index in [2.05, 4.69) is 35.5 Å². The van der Waals surface area contributed by atoms with E-state index >= 15 is 0 Å². The lowest BCUT2D eigenvalue weighted by Crippen LogP contribution is -2.28. The minimum atomic E-state index is 0.144. The van der Waals surface area contributed by atoms with E-state index in [1.165, 1.54) is 10.6 Å². The fourth-order valence-corrected chi connectivity index (χ4v) is 2.84. The molecule has 21 heavy (non-hydrogen) atoms. The van der Waals surface area contributed by atoms with Gasteiger partial charge in [-0.3, -0.25) is 4.79 Å². The normalized spacial score (nSPS) is 10.3. The lowest BCUT2D eigenvalue weighted by Gasteiger charge is -2.19. The van der Waals surface area contributed by atoms with Crippen molar-refractivity contribution >= 4 is 22.9 Å². The number of carbonyl (C=O) groups is 1. The molecular weight excluding hydrogens is 280 g/mol. The molecule has 0 unspecified atom stereocenters. The second-order valence-corrected chi connectivity index (χ2v) is 6.07. The van der Waals surface area contributed by atoms with Gasteiger partial charge in [-0.15, -0.1) is 11.3 Å².